The third kappa shape index (κ3) is 2.69. The Morgan fingerprint density at radius 2 is 1.83 bits per heavy atom. The van der Waals surface area contributed by atoms with E-state index < -0.39 is 0 Å². The Morgan fingerprint density at radius 1 is 1.17 bits per heavy atom. The molecule has 0 amide bonds. The maximum absolute atomic E-state index is 2.25. The lowest BCUT2D eigenvalue weighted by atomic mass is 10.0. The predicted octanol–water partition coefficient (Wildman–Crippen LogP) is 4.01. The molecule has 0 nitrogen and oxygen atoms in total. The number of hydrogen-bond donors (Lipinski definition) is 0. The summed E-state index contributed by atoms with van der Waals surface area (Å²) in [5.41, 5.74) is 2.96. The molecular weight excluding hydrogens is 144 g/mol. The standard InChI is InChI=1S/C12H18/c1-3-4-5-8-11(2)12-9-6-7-10-12/h6-7,9-10H,3-5,8H2,1-2H3. The van der Waals surface area contributed by atoms with Crippen molar-refractivity contribution in [2.24, 2.45) is 0 Å². The van der Waals surface area contributed by atoms with Gasteiger partial charge in [0.2, 0.25) is 0 Å². The minimum absolute atomic E-state index is 1.26. The molecule has 0 saturated heterocycles. The van der Waals surface area contributed by atoms with Gasteiger partial charge < -0.3 is 0 Å². The quantitative estimate of drug-likeness (QED) is 0.548. The van der Waals surface area contributed by atoms with Crippen molar-refractivity contribution in [3.63, 3.8) is 0 Å². The highest BCUT2D eigenvalue weighted by Crippen LogP contribution is 2.17. The Bertz CT molecular complexity index is 202. The van der Waals surface area contributed by atoms with Gasteiger partial charge in [0, 0.05) is 0 Å². The van der Waals surface area contributed by atoms with Gasteiger partial charge in [0.25, 0.3) is 0 Å². The summed E-state index contributed by atoms with van der Waals surface area (Å²) in [7, 11) is 0. The van der Waals surface area contributed by atoms with Crippen LogP contribution in [0.3, 0.4) is 0 Å². The summed E-state index contributed by atoms with van der Waals surface area (Å²) >= 11 is 0. The van der Waals surface area contributed by atoms with Crippen LogP contribution in [0.5, 0.6) is 0 Å². The minimum Gasteiger partial charge on any atom is -0.0661 e. The van der Waals surface area contributed by atoms with E-state index in [1.54, 1.807) is 0 Å². The Balaban J connectivity index is 2.36. The van der Waals surface area contributed by atoms with Crippen LogP contribution in [0.4, 0.5) is 0 Å². The van der Waals surface area contributed by atoms with Crippen molar-refractivity contribution in [1.29, 1.82) is 0 Å². The second-order valence-corrected chi connectivity index (χ2v) is 3.41. The van der Waals surface area contributed by atoms with Crippen LogP contribution >= 0.6 is 0 Å². The van der Waals surface area contributed by atoms with Gasteiger partial charge in [-0.15, -0.1) is 0 Å². The second-order valence-electron chi connectivity index (χ2n) is 3.41. The molecule has 66 valence electrons. The van der Waals surface area contributed by atoms with E-state index in [9.17, 15) is 0 Å². The van der Waals surface area contributed by atoms with E-state index >= 15 is 0 Å². The highest BCUT2D eigenvalue weighted by molar-refractivity contribution is 5.42. The molecule has 0 aromatic heterocycles. The van der Waals surface area contributed by atoms with Crippen LogP contribution in [0.15, 0.2) is 35.5 Å². The molecule has 0 atom stereocenters. The van der Waals surface area contributed by atoms with Gasteiger partial charge in [0.05, 0.1) is 0 Å². The van der Waals surface area contributed by atoms with Gasteiger partial charge >= 0.3 is 0 Å². The summed E-state index contributed by atoms with van der Waals surface area (Å²) in [6.07, 6.45) is 13.9. The molecule has 0 aliphatic heterocycles. The Hall–Kier alpha value is -0.780. The molecule has 0 spiro atoms. The van der Waals surface area contributed by atoms with E-state index in [-0.39, 0.29) is 0 Å². The molecule has 1 aliphatic rings. The smallest absolute Gasteiger partial charge is 0.0267 e. The van der Waals surface area contributed by atoms with E-state index in [2.05, 4.69) is 38.2 Å². The van der Waals surface area contributed by atoms with E-state index in [0.29, 0.717) is 0 Å². The monoisotopic (exact) mass is 162 g/mol. The molecule has 0 heteroatoms. The van der Waals surface area contributed by atoms with Gasteiger partial charge in [-0.1, -0.05) is 49.6 Å². The van der Waals surface area contributed by atoms with Crippen LogP contribution in [-0.4, -0.2) is 0 Å². The van der Waals surface area contributed by atoms with Crippen molar-refractivity contribution in [1.82, 2.24) is 0 Å². The zero-order valence-corrected chi connectivity index (χ0v) is 8.14. The van der Waals surface area contributed by atoms with E-state index in [1.807, 2.05) is 0 Å². The molecule has 0 heterocycles. The third-order valence-electron chi connectivity index (χ3n) is 2.31. The summed E-state index contributed by atoms with van der Waals surface area (Å²) < 4.78 is 0. The van der Waals surface area contributed by atoms with Gasteiger partial charge in [0.15, 0.2) is 0 Å². The molecule has 1 aliphatic carbocycles. The summed E-state index contributed by atoms with van der Waals surface area (Å²) in [6, 6.07) is 0. The van der Waals surface area contributed by atoms with Crippen molar-refractivity contribution < 1.29 is 0 Å². The van der Waals surface area contributed by atoms with Gasteiger partial charge in [-0.25, -0.2) is 0 Å². The average molecular weight is 162 g/mol. The van der Waals surface area contributed by atoms with Crippen LogP contribution < -0.4 is 0 Å². The van der Waals surface area contributed by atoms with Crippen molar-refractivity contribution >= 4 is 0 Å². The normalized spacial score (nSPS) is 14.3. The SMILES string of the molecule is CCCCCC(C)=C1C=CC=C1. The lowest BCUT2D eigenvalue weighted by Gasteiger charge is -2.02. The topological polar surface area (TPSA) is 0 Å². The molecule has 12 heavy (non-hydrogen) atoms. The summed E-state index contributed by atoms with van der Waals surface area (Å²) in [4.78, 5) is 0. The minimum atomic E-state index is 1.26. The van der Waals surface area contributed by atoms with Gasteiger partial charge in [-0.05, 0) is 25.3 Å². The highest BCUT2D eigenvalue weighted by Gasteiger charge is 1.98. The van der Waals surface area contributed by atoms with Crippen LogP contribution in [0.25, 0.3) is 0 Å². The molecule has 0 unspecified atom stereocenters. The first-order valence-corrected chi connectivity index (χ1v) is 4.89. The highest BCUT2D eigenvalue weighted by atomic mass is 14.0. The Labute approximate surface area is 75.7 Å². The zero-order valence-electron chi connectivity index (χ0n) is 8.14. The average Bonchev–Trinajstić information content (AvgIpc) is 2.56. The van der Waals surface area contributed by atoms with Crippen molar-refractivity contribution in [2.45, 2.75) is 39.5 Å². The van der Waals surface area contributed by atoms with Crippen molar-refractivity contribution in [3.8, 4) is 0 Å². The van der Waals surface area contributed by atoms with Crippen LogP contribution in [0, 0.1) is 0 Å². The summed E-state index contributed by atoms with van der Waals surface area (Å²) in [6.45, 7) is 4.49. The largest absolute Gasteiger partial charge is 0.0661 e. The molecule has 0 radical (unpaired) electrons. The van der Waals surface area contributed by atoms with Crippen molar-refractivity contribution in [3.05, 3.63) is 35.5 Å². The molecule has 0 bridgehead atoms. The number of hydrogen-bond acceptors (Lipinski definition) is 0. The van der Waals surface area contributed by atoms with E-state index in [1.165, 1.54) is 36.8 Å². The lowest BCUT2D eigenvalue weighted by Crippen LogP contribution is -1.82. The molecule has 0 fully saturated rings. The maximum atomic E-state index is 2.25. The van der Waals surface area contributed by atoms with Crippen LogP contribution in [-0.2, 0) is 0 Å². The fraction of sp³-hybridized carbons (Fsp3) is 0.500. The van der Waals surface area contributed by atoms with Gasteiger partial charge in [-0.3, -0.25) is 0 Å². The first-order valence-electron chi connectivity index (χ1n) is 4.89. The Morgan fingerprint density at radius 3 is 2.42 bits per heavy atom. The molecule has 0 saturated carbocycles. The molecular formula is C12H18. The fourth-order valence-electron chi connectivity index (χ4n) is 1.44. The number of rotatable bonds is 4. The van der Waals surface area contributed by atoms with Crippen molar-refractivity contribution in [2.75, 3.05) is 0 Å². The molecule has 0 N–H and O–H groups in total. The molecule has 1 rings (SSSR count). The zero-order chi connectivity index (χ0) is 8.81. The van der Waals surface area contributed by atoms with Crippen LogP contribution in [0.2, 0.25) is 0 Å². The summed E-state index contributed by atoms with van der Waals surface area (Å²) in [5, 5.41) is 0. The number of allylic oxidation sites excluding steroid dienone is 6. The van der Waals surface area contributed by atoms with Crippen LogP contribution in [0.1, 0.15) is 39.5 Å². The number of unbranched alkanes of at least 4 members (excludes halogenated alkanes) is 2. The first-order chi connectivity index (χ1) is 5.84. The summed E-state index contributed by atoms with van der Waals surface area (Å²) in [5.74, 6) is 0. The second kappa shape index (κ2) is 4.97. The van der Waals surface area contributed by atoms with E-state index in [0.717, 1.165) is 0 Å². The molecule has 0 aromatic rings. The lowest BCUT2D eigenvalue weighted by molar-refractivity contribution is 0.712. The fourth-order valence-corrected chi connectivity index (χ4v) is 1.44. The third-order valence-corrected chi connectivity index (χ3v) is 2.31. The Kier molecular flexibility index (Phi) is 3.86. The molecule has 0 aromatic carbocycles. The van der Waals surface area contributed by atoms with Gasteiger partial charge in [-0.2, -0.15) is 0 Å². The van der Waals surface area contributed by atoms with E-state index in [4.69, 9.17) is 0 Å². The predicted molar refractivity (Wildman–Crippen MR) is 55.1 cm³/mol. The van der Waals surface area contributed by atoms with Gasteiger partial charge in [0.1, 0.15) is 0 Å². The maximum Gasteiger partial charge on any atom is -0.0267 e. The first kappa shape index (κ1) is 9.31.